The molecule has 4 nitrogen and oxygen atoms in total. The molecular formula is C12H16N2O2. The van der Waals surface area contributed by atoms with Crippen molar-refractivity contribution in [2.75, 3.05) is 0 Å². The highest BCUT2D eigenvalue weighted by atomic mass is 16.3. The number of rotatable bonds is 3. The number of phenols is 1. The van der Waals surface area contributed by atoms with E-state index in [0.29, 0.717) is 11.3 Å². The van der Waals surface area contributed by atoms with Crippen LogP contribution in [0.25, 0.3) is 0 Å². The quantitative estimate of drug-likeness (QED) is 0.603. The first-order valence-electron chi connectivity index (χ1n) is 5.15. The minimum absolute atomic E-state index is 0.110. The van der Waals surface area contributed by atoms with Crippen LogP contribution < -0.4 is 5.43 Å². The lowest BCUT2D eigenvalue weighted by Gasteiger charge is -2.05. The van der Waals surface area contributed by atoms with E-state index >= 15 is 0 Å². The van der Waals surface area contributed by atoms with Crippen LogP contribution in [0.3, 0.4) is 0 Å². The smallest absolute Gasteiger partial charge is 0.242 e. The van der Waals surface area contributed by atoms with Gasteiger partial charge >= 0.3 is 0 Å². The van der Waals surface area contributed by atoms with Crippen molar-refractivity contribution in [3.05, 3.63) is 29.8 Å². The molecule has 0 aliphatic rings. The largest absolute Gasteiger partial charge is 0.507 e. The molecular weight excluding hydrogens is 204 g/mol. The number of nitrogens with one attached hydrogen (secondary N) is 1. The van der Waals surface area contributed by atoms with Crippen LogP contribution in [0.5, 0.6) is 5.75 Å². The van der Waals surface area contributed by atoms with Gasteiger partial charge in [-0.2, -0.15) is 5.10 Å². The van der Waals surface area contributed by atoms with E-state index in [1.54, 1.807) is 45.0 Å². The number of amides is 1. The average Bonchev–Trinajstić information content (AvgIpc) is 2.25. The van der Waals surface area contributed by atoms with Crippen molar-refractivity contribution >= 4 is 11.6 Å². The molecule has 1 aromatic carbocycles. The van der Waals surface area contributed by atoms with Crippen molar-refractivity contribution in [1.82, 2.24) is 5.43 Å². The molecule has 0 aliphatic heterocycles. The van der Waals surface area contributed by atoms with Gasteiger partial charge in [-0.3, -0.25) is 4.79 Å². The first-order valence-corrected chi connectivity index (χ1v) is 5.15. The van der Waals surface area contributed by atoms with Crippen LogP contribution in [-0.2, 0) is 4.79 Å². The minimum atomic E-state index is -0.144. The molecule has 0 radical (unpaired) electrons. The molecule has 1 aromatic rings. The van der Waals surface area contributed by atoms with Gasteiger partial charge in [0, 0.05) is 11.5 Å². The molecule has 16 heavy (non-hydrogen) atoms. The Morgan fingerprint density at radius 1 is 1.38 bits per heavy atom. The molecule has 0 aliphatic carbocycles. The van der Waals surface area contributed by atoms with E-state index in [9.17, 15) is 9.90 Å². The van der Waals surface area contributed by atoms with E-state index in [1.807, 2.05) is 0 Å². The maximum absolute atomic E-state index is 11.3. The number of hydrazone groups is 1. The van der Waals surface area contributed by atoms with Crippen LogP contribution in [0.1, 0.15) is 26.3 Å². The summed E-state index contributed by atoms with van der Waals surface area (Å²) in [7, 11) is 0. The highest BCUT2D eigenvalue weighted by Crippen LogP contribution is 2.16. The van der Waals surface area contributed by atoms with Crippen LogP contribution in [-0.4, -0.2) is 16.7 Å². The fraction of sp³-hybridized carbons (Fsp3) is 0.333. The molecule has 0 heterocycles. The van der Waals surface area contributed by atoms with Crippen LogP contribution in [0.4, 0.5) is 0 Å². The highest BCUT2D eigenvalue weighted by Gasteiger charge is 2.07. The third kappa shape index (κ3) is 3.08. The zero-order chi connectivity index (χ0) is 12.1. The van der Waals surface area contributed by atoms with E-state index in [4.69, 9.17) is 0 Å². The van der Waals surface area contributed by atoms with Crippen molar-refractivity contribution in [3.63, 3.8) is 0 Å². The van der Waals surface area contributed by atoms with Crippen LogP contribution in [0.15, 0.2) is 29.4 Å². The van der Waals surface area contributed by atoms with Gasteiger partial charge in [-0.15, -0.1) is 0 Å². The molecule has 1 rings (SSSR count). The Morgan fingerprint density at radius 3 is 2.56 bits per heavy atom. The maximum Gasteiger partial charge on any atom is 0.242 e. The van der Waals surface area contributed by atoms with Gasteiger partial charge in [-0.05, 0) is 19.1 Å². The third-order valence-electron chi connectivity index (χ3n) is 2.15. The second-order valence-electron chi connectivity index (χ2n) is 3.85. The Labute approximate surface area is 95.0 Å². The van der Waals surface area contributed by atoms with Crippen molar-refractivity contribution < 1.29 is 9.90 Å². The zero-order valence-corrected chi connectivity index (χ0v) is 9.69. The number of aromatic hydroxyl groups is 1. The van der Waals surface area contributed by atoms with E-state index < -0.39 is 0 Å². The van der Waals surface area contributed by atoms with Crippen LogP contribution in [0.2, 0.25) is 0 Å². The Morgan fingerprint density at radius 2 is 2.00 bits per heavy atom. The highest BCUT2D eigenvalue weighted by molar-refractivity contribution is 6.01. The normalized spacial score (nSPS) is 11.6. The number of para-hydroxylation sites is 1. The fourth-order valence-corrected chi connectivity index (χ4v) is 1.11. The molecule has 0 atom stereocenters. The summed E-state index contributed by atoms with van der Waals surface area (Å²) in [5, 5.41) is 13.5. The van der Waals surface area contributed by atoms with E-state index in [-0.39, 0.29) is 17.6 Å². The molecule has 0 saturated heterocycles. The Kier molecular flexibility index (Phi) is 4.05. The van der Waals surface area contributed by atoms with Gasteiger partial charge in [0.15, 0.2) is 0 Å². The van der Waals surface area contributed by atoms with Crippen LogP contribution >= 0.6 is 0 Å². The summed E-state index contributed by atoms with van der Waals surface area (Å²) in [6, 6.07) is 6.87. The Bertz CT molecular complexity index is 411. The van der Waals surface area contributed by atoms with E-state index in [2.05, 4.69) is 10.5 Å². The van der Waals surface area contributed by atoms with E-state index in [0.717, 1.165) is 0 Å². The van der Waals surface area contributed by atoms with Gasteiger partial charge in [-0.1, -0.05) is 26.0 Å². The number of hydrogen-bond donors (Lipinski definition) is 2. The van der Waals surface area contributed by atoms with Crippen molar-refractivity contribution in [3.8, 4) is 5.75 Å². The molecule has 1 amide bonds. The fourth-order valence-electron chi connectivity index (χ4n) is 1.11. The molecule has 86 valence electrons. The van der Waals surface area contributed by atoms with Gasteiger partial charge in [0.1, 0.15) is 5.75 Å². The summed E-state index contributed by atoms with van der Waals surface area (Å²) in [4.78, 5) is 11.3. The second kappa shape index (κ2) is 5.30. The Hall–Kier alpha value is -1.84. The first kappa shape index (κ1) is 12.2. The Balaban J connectivity index is 2.79. The second-order valence-corrected chi connectivity index (χ2v) is 3.85. The number of carbonyl (C=O) groups excluding carboxylic acids is 1. The predicted octanol–water partition coefficient (Wildman–Crippen LogP) is 1.89. The summed E-state index contributed by atoms with van der Waals surface area (Å²) in [6.07, 6.45) is 0. The molecule has 0 unspecified atom stereocenters. The lowest BCUT2D eigenvalue weighted by atomic mass is 10.1. The van der Waals surface area contributed by atoms with Gasteiger partial charge in [0.25, 0.3) is 0 Å². The van der Waals surface area contributed by atoms with Crippen LogP contribution in [0, 0.1) is 5.92 Å². The van der Waals surface area contributed by atoms with Gasteiger partial charge in [0.2, 0.25) is 5.91 Å². The van der Waals surface area contributed by atoms with Gasteiger partial charge in [0.05, 0.1) is 5.71 Å². The van der Waals surface area contributed by atoms with Gasteiger partial charge < -0.3 is 5.11 Å². The molecule has 0 fully saturated rings. The SMILES string of the molecule is CC(=NNC(=O)C(C)C)c1ccccc1O. The predicted molar refractivity (Wildman–Crippen MR) is 63.3 cm³/mol. The summed E-state index contributed by atoms with van der Waals surface area (Å²) in [5.41, 5.74) is 3.64. The van der Waals surface area contributed by atoms with Crippen molar-refractivity contribution in [1.29, 1.82) is 0 Å². The number of nitrogens with zero attached hydrogens (tertiary/aromatic N) is 1. The lowest BCUT2D eigenvalue weighted by Crippen LogP contribution is -2.24. The third-order valence-corrected chi connectivity index (χ3v) is 2.15. The standard InChI is InChI=1S/C12H16N2O2/c1-8(2)12(16)14-13-9(3)10-6-4-5-7-11(10)15/h4-8,15H,1-3H3,(H,14,16). The number of benzene rings is 1. The summed E-state index contributed by atoms with van der Waals surface area (Å²) < 4.78 is 0. The molecule has 0 saturated carbocycles. The van der Waals surface area contributed by atoms with Gasteiger partial charge in [-0.25, -0.2) is 5.43 Å². The van der Waals surface area contributed by atoms with Crippen molar-refractivity contribution in [2.45, 2.75) is 20.8 Å². The summed E-state index contributed by atoms with van der Waals surface area (Å²) in [6.45, 7) is 5.32. The topological polar surface area (TPSA) is 61.7 Å². The maximum atomic E-state index is 11.3. The molecule has 4 heteroatoms. The summed E-state index contributed by atoms with van der Waals surface area (Å²) >= 11 is 0. The zero-order valence-electron chi connectivity index (χ0n) is 9.69. The molecule has 0 aromatic heterocycles. The lowest BCUT2D eigenvalue weighted by molar-refractivity contribution is -0.123. The average molecular weight is 220 g/mol. The van der Waals surface area contributed by atoms with Crippen molar-refractivity contribution in [2.24, 2.45) is 11.0 Å². The first-order chi connectivity index (χ1) is 7.52. The number of phenolic OH excluding ortho intramolecular Hbond substituents is 1. The molecule has 2 N–H and O–H groups in total. The number of carbonyl (C=O) groups is 1. The summed E-state index contributed by atoms with van der Waals surface area (Å²) in [5.74, 6) is -0.0989. The van der Waals surface area contributed by atoms with E-state index in [1.165, 1.54) is 0 Å². The monoisotopic (exact) mass is 220 g/mol. The number of hydrogen-bond acceptors (Lipinski definition) is 3. The minimum Gasteiger partial charge on any atom is -0.507 e. The molecule has 0 bridgehead atoms. The molecule has 0 spiro atoms.